The molecule has 0 aliphatic heterocycles. The van der Waals surface area contributed by atoms with Crippen molar-refractivity contribution in [2.45, 2.75) is 53.1 Å². The Hall–Kier alpha value is -1.19. The molecular weight excluding hydrogens is 264 g/mol. The minimum absolute atomic E-state index is 0.508. The molecule has 0 radical (unpaired) electrons. The Morgan fingerprint density at radius 1 is 1.25 bits per heavy atom. The standard InChI is InChI=1S/C17H24N2S/c1-5-8-15-16(11-18-12(2)3)20-17(19-15)14-10-7-6-9-13(14)4/h6-7,9-10,12,18H,5,8,11H2,1-4H3. The van der Waals surface area contributed by atoms with Gasteiger partial charge in [-0.05, 0) is 18.9 Å². The summed E-state index contributed by atoms with van der Waals surface area (Å²) in [6, 6.07) is 9.01. The Morgan fingerprint density at radius 3 is 2.65 bits per heavy atom. The summed E-state index contributed by atoms with van der Waals surface area (Å²) < 4.78 is 0. The fourth-order valence-corrected chi connectivity index (χ4v) is 3.33. The topological polar surface area (TPSA) is 24.9 Å². The van der Waals surface area contributed by atoms with Gasteiger partial charge in [-0.25, -0.2) is 4.98 Å². The number of hydrogen-bond donors (Lipinski definition) is 1. The van der Waals surface area contributed by atoms with Crippen molar-refractivity contribution in [3.05, 3.63) is 40.4 Å². The number of benzene rings is 1. The first-order valence-corrected chi connectivity index (χ1v) is 8.21. The molecule has 2 rings (SSSR count). The lowest BCUT2D eigenvalue weighted by Gasteiger charge is -2.07. The first kappa shape index (κ1) is 15.2. The maximum atomic E-state index is 4.89. The van der Waals surface area contributed by atoms with Crippen LogP contribution >= 0.6 is 11.3 Å². The van der Waals surface area contributed by atoms with Gasteiger partial charge < -0.3 is 5.32 Å². The van der Waals surface area contributed by atoms with Crippen molar-refractivity contribution >= 4 is 11.3 Å². The summed E-state index contributed by atoms with van der Waals surface area (Å²) in [6.45, 7) is 9.66. The summed E-state index contributed by atoms with van der Waals surface area (Å²) >= 11 is 1.84. The average molecular weight is 288 g/mol. The number of thiazole rings is 1. The molecule has 2 aromatic rings. The highest BCUT2D eigenvalue weighted by Gasteiger charge is 2.13. The van der Waals surface area contributed by atoms with E-state index in [0.29, 0.717) is 6.04 Å². The summed E-state index contributed by atoms with van der Waals surface area (Å²) in [6.07, 6.45) is 2.21. The fourth-order valence-electron chi connectivity index (χ4n) is 2.18. The van der Waals surface area contributed by atoms with E-state index < -0.39 is 0 Å². The minimum atomic E-state index is 0.508. The monoisotopic (exact) mass is 288 g/mol. The zero-order valence-electron chi connectivity index (χ0n) is 12.9. The van der Waals surface area contributed by atoms with E-state index in [1.54, 1.807) is 0 Å². The van der Waals surface area contributed by atoms with Crippen LogP contribution in [0.5, 0.6) is 0 Å². The Balaban J connectivity index is 2.31. The third-order valence-corrected chi connectivity index (χ3v) is 4.44. The second kappa shape index (κ2) is 7.00. The van der Waals surface area contributed by atoms with Gasteiger partial charge in [0.15, 0.2) is 0 Å². The maximum absolute atomic E-state index is 4.89. The highest BCUT2D eigenvalue weighted by atomic mass is 32.1. The zero-order valence-corrected chi connectivity index (χ0v) is 13.7. The van der Waals surface area contributed by atoms with Crippen LogP contribution in [-0.4, -0.2) is 11.0 Å². The van der Waals surface area contributed by atoms with Crippen molar-refractivity contribution in [3.63, 3.8) is 0 Å². The Kier molecular flexibility index (Phi) is 5.32. The molecule has 0 spiro atoms. The highest BCUT2D eigenvalue weighted by molar-refractivity contribution is 7.15. The van der Waals surface area contributed by atoms with Gasteiger partial charge in [0.1, 0.15) is 5.01 Å². The molecule has 1 heterocycles. The Morgan fingerprint density at radius 2 is 2.00 bits per heavy atom. The summed E-state index contributed by atoms with van der Waals surface area (Å²) in [4.78, 5) is 6.28. The summed E-state index contributed by atoms with van der Waals surface area (Å²) in [5, 5.41) is 4.67. The van der Waals surface area contributed by atoms with Gasteiger partial charge in [-0.1, -0.05) is 51.5 Å². The van der Waals surface area contributed by atoms with E-state index in [1.807, 2.05) is 11.3 Å². The van der Waals surface area contributed by atoms with Crippen molar-refractivity contribution in [1.82, 2.24) is 10.3 Å². The van der Waals surface area contributed by atoms with Crippen molar-refractivity contribution in [2.75, 3.05) is 0 Å². The van der Waals surface area contributed by atoms with Crippen molar-refractivity contribution in [1.29, 1.82) is 0 Å². The maximum Gasteiger partial charge on any atom is 0.124 e. The van der Waals surface area contributed by atoms with Crippen LogP contribution < -0.4 is 5.32 Å². The number of rotatable bonds is 6. The van der Waals surface area contributed by atoms with Crippen LogP contribution in [0.3, 0.4) is 0 Å². The number of nitrogens with zero attached hydrogens (tertiary/aromatic N) is 1. The largest absolute Gasteiger partial charge is 0.310 e. The summed E-state index contributed by atoms with van der Waals surface area (Å²) in [5.74, 6) is 0. The number of hydrogen-bond acceptors (Lipinski definition) is 3. The molecule has 3 heteroatoms. The van der Waals surface area contributed by atoms with Crippen LogP contribution in [0.1, 0.15) is 43.3 Å². The van der Waals surface area contributed by atoms with Gasteiger partial charge >= 0.3 is 0 Å². The van der Waals surface area contributed by atoms with Crippen LogP contribution in [-0.2, 0) is 13.0 Å². The van der Waals surface area contributed by atoms with Crippen molar-refractivity contribution < 1.29 is 0 Å². The van der Waals surface area contributed by atoms with Crippen LogP contribution in [0.25, 0.3) is 10.6 Å². The van der Waals surface area contributed by atoms with E-state index >= 15 is 0 Å². The molecule has 2 nitrogen and oxygen atoms in total. The molecule has 1 aromatic heterocycles. The minimum Gasteiger partial charge on any atom is -0.310 e. The predicted molar refractivity (Wildman–Crippen MR) is 88.3 cm³/mol. The molecule has 0 fully saturated rings. The summed E-state index contributed by atoms with van der Waals surface area (Å²) in [7, 11) is 0. The van der Waals surface area contributed by atoms with Crippen LogP contribution in [0.2, 0.25) is 0 Å². The molecular formula is C17H24N2S. The SMILES string of the molecule is CCCc1nc(-c2ccccc2C)sc1CNC(C)C. The molecule has 0 bridgehead atoms. The fraction of sp³-hybridized carbons (Fsp3) is 0.471. The Bertz CT molecular complexity index is 558. The number of nitrogens with one attached hydrogen (secondary N) is 1. The van der Waals surface area contributed by atoms with Gasteiger partial charge in [0, 0.05) is 23.0 Å². The van der Waals surface area contributed by atoms with E-state index in [-0.39, 0.29) is 0 Å². The van der Waals surface area contributed by atoms with Gasteiger partial charge in [0.05, 0.1) is 5.69 Å². The average Bonchev–Trinajstić information content (AvgIpc) is 2.80. The molecule has 1 aromatic carbocycles. The smallest absolute Gasteiger partial charge is 0.124 e. The van der Waals surface area contributed by atoms with Gasteiger partial charge in [0.2, 0.25) is 0 Å². The van der Waals surface area contributed by atoms with Gasteiger partial charge in [-0.2, -0.15) is 0 Å². The number of aromatic nitrogens is 1. The van der Waals surface area contributed by atoms with Crippen molar-refractivity contribution in [3.8, 4) is 10.6 Å². The highest BCUT2D eigenvalue weighted by Crippen LogP contribution is 2.30. The third-order valence-electron chi connectivity index (χ3n) is 3.31. The molecule has 20 heavy (non-hydrogen) atoms. The van der Waals surface area contributed by atoms with Crippen LogP contribution in [0.4, 0.5) is 0 Å². The lowest BCUT2D eigenvalue weighted by atomic mass is 10.1. The molecule has 1 N–H and O–H groups in total. The third kappa shape index (κ3) is 3.68. The molecule has 108 valence electrons. The molecule has 0 amide bonds. The van der Waals surface area contributed by atoms with E-state index in [4.69, 9.17) is 4.98 Å². The lowest BCUT2D eigenvalue weighted by Crippen LogP contribution is -2.21. The molecule has 0 atom stereocenters. The molecule has 0 saturated heterocycles. The van der Waals surface area contributed by atoms with Gasteiger partial charge in [0.25, 0.3) is 0 Å². The van der Waals surface area contributed by atoms with E-state index in [9.17, 15) is 0 Å². The number of aryl methyl sites for hydroxylation is 2. The van der Waals surface area contributed by atoms with E-state index in [2.05, 4.69) is 57.3 Å². The van der Waals surface area contributed by atoms with Gasteiger partial charge in [-0.3, -0.25) is 0 Å². The second-order valence-electron chi connectivity index (χ2n) is 5.49. The first-order valence-electron chi connectivity index (χ1n) is 7.39. The predicted octanol–water partition coefficient (Wildman–Crippen LogP) is 4.57. The zero-order chi connectivity index (χ0) is 14.5. The van der Waals surface area contributed by atoms with Crippen molar-refractivity contribution in [2.24, 2.45) is 0 Å². The van der Waals surface area contributed by atoms with E-state index in [0.717, 1.165) is 24.4 Å². The van der Waals surface area contributed by atoms with Crippen LogP contribution in [0, 0.1) is 6.92 Å². The quantitative estimate of drug-likeness (QED) is 0.842. The van der Waals surface area contributed by atoms with Gasteiger partial charge in [-0.15, -0.1) is 11.3 Å². The molecule has 0 aliphatic rings. The Labute approximate surface area is 126 Å². The molecule has 0 aliphatic carbocycles. The lowest BCUT2D eigenvalue weighted by molar-refractivity contribution is 0.589. The molecule has 0 unspecified atom stereocenters. The first-order chi connectivity index (χ1) is 9.61. The van der Waals surface area contributed by atoms with Crippen LogP contribution in [0.15, 0.2) is 24.3 Å². The normalized spacial score (nSPS) is 11.2. The van der Waals surface area contributed by atoms with E-state index in [1.165, 1.54) is 21.7 Å². The second-order valence-corrected chi connectivity index (χ2v) is 6.57. The summed E-state index contributed by atoms with van der Waals surface area (Å²) in [5.41, 5.74) is 3.84. The molecule has 0 saturated carbocycles.